The fourth-order valence-electron chi connectivity index (χ4n) is 2.42. The van der Waals surface area contributed by atoms with Crippen LogP contribution < -0.4 is 5.32 Å². The summed E-state index contributed by atoms with van der Waals surface area (Å²) in [6, 6.07) is -2.00. The number of rotatable bonds is 4. The number of carboxylic acids is 1. The maximum absolute atomic E-state index is 12.6. The van der Waals surface area contributed by atoms with Crippen LogP contribution in [-0.4, -0.2) is 63.4 Å². The lowest BCUT2D eigenvalue weighted by molar-refractivity contribution is -0.149. The molecule has 1 rings (SSSR count). The number of aliphatic hydroxyl groups is 1. The van der Waals surface area contributed by atoms with Gasteiger partial charge in [-0.15, -0.1) is 0 Å². The molecule has 0 radical (unpaired) electrons. The zero-order chi connectivity index (χ0) is 17.9. The SMILES string of the molecule is CC(C)[C@H](NC(=O)OC(C)(C)C)C(=O)N1C[C@H](O)C[C@H]1C(=O)O. The van der Waals surface area contributed by atoms with Gasteiger partial charge in [-0.1, -0.05) is 13.8 Å². The van der Waals surface area contributed by atoms with Crippen LogP contribution in [0.4, 0.5) is 4.79 Å². The number of nitrogens with one attached hydrogen (secondary N) is 1. The second kappa shape index (κ2) is 7.16. The molecule has 1 aliphatic heterocycles. The normalized spacial score (nSPS) is 22.8. The highest BCUT2D eigenvalue weighted by atomic mass is 16.6. The van der Waals surface area contributed by atoms with Gasteiger partial charge >= 0.3 is 12.1 Å². The van der Waals surface area contributed by atoms with Gasteiger partial charge in [0.1, 0.15) is 17.7 Å². The quantitative estimate of drug-likeness (QED) is 0.694. The zero-order valence-electron chi connectivity index (χ0n) is 14.2. The summed E-state index contributed by atoms with van der Waals surface area (Å²) in [6.45, 7) is 8.53. The first kappa shape index (κ1) is 19.2. The predicted molar refractivity (Wildman–Crippen MR) is 81.8 cm³/mol. The van der Waals surface area contributed by atoms with Crippen LogP contribution in [-0.2, 0) is 14.3 Å². The number of hydrogen-bond donors (Lipinski definition) is 3. The van der Waals surface area contributed by atoms with Crippen LogP contribution in [0.1, 0.15) is 41.0 Å². The third-order valence-corrected chi connectivity index (χ3v) is 3.45. The summed E-state index contributed by atoms with van der Waals surface area (Å²) in [5, 5.41) is 21.3. The third-order valence-electron chi connectivity index (χ3n) is 3.45. The Morgan fingerprint density at radius 3 is 2.26 bits per heavy atom. The number of likely N-dealkylation sites (tertiary alicyclic amines) is 1. The lowest BCUT2D eigenvalue weighted by Gasteiger charge is -2.30. The molecule has 1 saturated heterocycles. The Morgan fingerprint density at radius 2 is 1.83 bits per heavy atom. The van der Waals surface area contributed by atoms with Gasteiger partial charge in [-0.2, -0.15) is 0 Å². The molecular formula is C15H26N2O6. The molecular weight excluding hydrogens is 304 g/mol. The molecule has 8 nitrogen and oxygen atoms in total. The fourth-order valence-corrected chi connectivity index (χ4v) is 2.42. The number of hydrogen-bond acceptors (Lipinski definition) is 5. The van der Waals surface area contributed by atoms with E-state index in [0.717, 1.165) is 4.90 Å². The molecule has 0 unspecified atom stereocenters. The average Bonchev–Trinajstić information content (AvgIpc) is 2.75. The molecule has 0 saturated carbocycles. The van der Waals surface area contributed by atoms with Crippen molar-refractivity contribution in [3.8, 4) is 0 Å². The highest BCUT2D eigenvalue weighted by Gasteiger charge is 2.42. The van der Waals surface area contributed by atoms with E-state index in [1.54, 1.807) is 34.6 Å². The number of nitrogens with zero attached hydrogens (tertiary/aromatic N) is 1. The molecule has 1 fully saturated rings. The monoisotopic (exact) mass is 330 g/mol. The summed E-state index contributed by atoms with van der Waals surface area (Å²) < 4.78 is 5.14. The van der Waals surface area contributed by atoms with Crippen molar-refractivity contribution >= 4 is 18.0 Å². The summed E-state index contributed by atoms with van der Waals surface area (Å²) in [5.41, 5.74) is -0.706. The first-order chi connectivity index (χ1) is 10.4. The minimum atomic E-state index is -1.17. The van der Waals surface area contributed by atoms with Gasteiger partial charge in [0, 0.05) is 13.0 Å². The van der Waals surface area contributed by atoms with Crippen LogP contribution in [0.3, 0.4) is 0 Å². The van der Waals surface area contributed by atoms with Gasteiger partial charge in [0.15, 0.2) is 0 Å². The summed E-state index contributed by atoms with van der Waals surface area (Å²) >= 11 is 0. The van der Waals surface area contributed by atoms with Gasteiger partial charge in [-0.3, -0.25) is 4.79 Å². The number of aliphatic carboxylic acids is 1. The molecule has 8 heteroatoms. The largest absolute Gasteiger partial charge is 0.480 e. The molecule has 2 amide bonds. The molecule has 23 heavy (non-hydrogen) atoms. The molecule has 0 aromatic heterocycles. The lowest BCUT2D eigenvalue weighted by Crippen LogP contribution is -2.54. The van der Waals surface area contributed by atoms with Gasteiger partial charge < -0.3 is 25.2 Å². The smallest absolute Gasteiger partial charge is 0.408 e. The predicted octanol–water partition coefficient (Wildman–Crippen LogP) is 0.582. The third kappa shape index (κ3) is 5.38. The number of carbonyl (C=O) groups excluding carboxylic acids is 2. The molecule has 1 heterocycles. The van der Waals surface area contributed by atoms with E-state index in [-0.39, 0.29) is 18.9 Å². The highest BCUT2D eigenvalue weighted by molar-refractivity contribution is 5.90. The molecule has 0 aliphatic carbocycles. The molecule has 0 spiro atoms. The summed E-state index contributed by atoms with van der Waals surface area (Å²) in [5.74, 6) is -1.97. The van der Waals surface area contributed by atoms with Crippen molar-refractivity contribution in [1.29, 1.82) is 0 Å². The molecule has 0 bridgehead atoms. The number of carboxylic acid groups (broad SMARTS) is 1. The standard InChI is InChI=1S/C15H26N2O6/c1-8(2)11(16-14(22)23-15(3,4)5)12(19)17-7-9(18)6-10(17)13(20)21/h8-11,18H,6-7H2,1-5H3,(H,16,22)(H,20,21)/t9-,10+,11+/m1/s1. The van der Waals surface area contributed by atoms with Crippen molar-refractivity contribution in [3.05, 3.63) is 0 Å². The van der Waals surface area contributed by atoms with Crippen LogP contribution in [0.2, 0.25) is 0 Å². The Balaban J connectivity index is 2.86. The van der Waals surface area contributed by atoms with E-state index >= 15 is 0 Å². The summed E-state index contributed by atoms with van der Waals surface area (Å²) in [4.78, 5) is 36.9. The zero-order valence-corrected chi connectivity index (χ0v) is 14.2. The molecule has 3 N–H and O–H groups in total. The van der Waals surface area contributed by atoms with Gasteiger partial charge in [0.2, 0.25) is 5.91 Å². The second-order valence-electron chi connectivity index (χ2n) is 7.10. The second-order valence-corrected chi connectivity index (χ2v) is 7.10. The average molecular weight is 330 g/mol. The summed E-state index contributed by atoms with van der Waals surface area (Å²) in [7, 11) is 0. The van der Waals surface area contributed by atoms with Crippen LogP contribution in [0.25, 0.3) is 0 Å². The van der Waals surface area contributed by atoms with Crippen molar-refractivity contribution in [1.82, 2.24) is 10.2 Å². The van der Waals surface area contributed by atoms with Crippen molar-refractivity contribution < 1.29 is 29.3 Å². The molecule has 3 atom stereocenters. The Labute approximate surface area is 135 Å². The van der Waals surface area contributed by atoms with Gasteiger partial charge in [0.05, 0.1) is 6.10 Å². The number of aliphatic hydroxyl groups excluding tert-OH is 1. The van der Waals surface area contributed by atoms with Crippen LogP contribution in [0.5, 0.6) is 0 Å². The van der Waals surface area contributed by atoms with E-state index in [1.165, 1.54) is 0 Å². The molecule has 0 aromatic carbocycles. The number of amides is 2. The van der Waals surface area contributed by atoms with Crippen molar-refractivity contribution in [2.24, 2.45) is 5.92 Å². The Kier molecular flexibility index (Phi) is 5.98. The van der Waals surface area contributed by atoms with E-state index in [2.05, 4.69) is 5.32 Å². The van der Waals surface area contributed by atoms with Crippen molar-refractivity contribution in [2.45, 2.75) is 64.8 Å². The molecule has 132 valence electrons. The number of ether oxygens (including phenoxy) is 1. The van der Waals surface area contributed by atoms with Crippen molar-refractivity contribution in [2.75, 3.05) is 6.54 Å². The van der Waals surface area contributed by atoms with Crippen LogP contribution >= 0.6 is 0 Å². The van der Waals surface area contributed by atoms with E-state index in [4.69, 9.17) is 4.74 Å². The first-order valence-electron chi connectivity index (χ1n) is 7.63. The number of alkyl carbamates (subject to hydrolysis) is 1. The minimum Gasteiger partial charge on any atom is -0.480 e. The van der Waals surface area contributed by atoms with Gasteiger partial charge in [-0.05, 0) is 26.7 Å². The number of carbonyl (C=O) groups is 3. The Hall–Kier alpha value is -1.83. The number of β-amino-alcohol motifs (C(OH)–C–C–N with tert-alkyl or cyclic N) is 1. The molecule has 1 aliphatic rings. The lowest BCUT2D eigenvalue weighted by atomic mass is 10.0. The van der Waals surface area contributed by atoms with Gasteiger partial charge in [-0.25, -0.2) is 9.59 Å². The van der Waals surface area contributed by atoms with E-state index < -0.39 is 41.8 Å². The van der Waals surface area contributed by atoms with Crippen LogP contribution in [0, 0.1) is 5.92 Å². The minimum absolute atomic E-state index is 0.0155. The first-order valence-corrected chi connectivity index (χ1v) is 7.63. The van der Waals surface area contributed by atoms with E-state index in [0.29, 0.717) is 0 Å². The summed E-state index contributed by atoms with van der Waals surface area (Å²) in [6.07, 6.45) is -1.64. The highest BCUT2D eigenvalue weighted by Crippen LogP contribution is 2.21. The Bertz CT molecular complexity index is 471. The maximum Gasteiger partial charge on any atom is 0.408 e. The Morgan fingerprint density at radius 1 is 1.26 bits per heavy atom. The molecule has 0 aromatic rings. The van der Waals surface area contributed by atoms with E-state index in [1.807, 2.05) is 0 Å². The van der Waals surface area contributed by atoms with E-state index in [9.17, 15) is 24.6 Å². The van der Waals surface area contributed by atoms with Crippen LogP contribution in [0.15, 0.2) is 0 Å². The van der Waals surface area contributed by atoms with Gasteiger partial charge in [0.25, 0.3) is 0 Å². The topological polar surface area (TPSA) is 116 Å². The maximum atomic E-state index is 12.6. The fraction of sp³-hybridized carbons (Fsp3) is 0.800. The van der Waals surface area contributed by atoms with Crippen molar-refractivity contribution in [3.63, 3.8) is 0 Å².